The summed E-state index contributed by atoms with van der Waals surface area (Å²) in [5, 5.41) is 4.32. The number of methoxy groups -OCH3 is 1. The summed E-state index contributed by atoms with van der Waals surface area (Å²) in [6, 6.07) is 20.3. The van der Waals surface area contributed by atoms with Gasteiger partial charge < -0.3 is 18.6 Å². The highest BCUT2D eigenvalue weighted by atomic mass is 32.1. The maximum absolute atomic E-state index is 12.7. The van der Waals surface area contributed by atoms with E-state index in [4.69, 9.17) is 18.6 Å². The molecule has 0 amide bonds. The molecule has 2 aromatic heterocycles. The highest BCUT2D eigenvalue weighted by Crippen LogP contribution is 2.31. The van der Waals surface area contributed by atoms with Gasteiger partial charge in [-0.2, -0.15) is 11.3 Å². The molecule has 58 heavy (non-hydrogen) atoms. The molecular weight excluding hydrogens is 740 g/mol. The summed E-state index contributed by atoms with van der Waals surface area (Å²) in [5.74, 6) is 7.40. The Morgan fingerprint density at radius 1 is 0.603 bits per heavy atom. The largest absolute Gasteiger partial charge is 0.493 e. The summed E-state index contributed by atoms with van der Waals surface area (Å²) in [6.45, 7) is 41.5. The molecule has 2 heterocycles. The normalized spacial score (nSPS) is 11.8. The van der Waals surface area contributed by atoms with Crippen LogP contribution in [-0.2, 0) is 4.74 Å². The first kappa shape index (κ1) is 57.0. The molecule has 0 saturated heterocycles. The molecule has 4 rings (SSSR count). The van der Waals surface area contributed by atoms with Crippen LogP contribution in [0, 0.1) is 30.6 Å². The van der Waals surface area contributed by atoms with E-state index < -0.39 is 6.36 Å². The summed E-state index contributed by atoms with van der Waals surface area (Å²) in [4.78, 5) is 0. The SMILES string of the molecule is CC(C)CC(C)C.CC(C)COC(C)C(C)C.CC(C)c1ccco1.CC(C)c1ccsc1.COc1cc(C(C)C)ccc1OC(C)F.Cc1ccc(C(C)C)cc1. The Hall–Kier alpha value is -3.09. The molecule has 4 aromatic rings. The van der Waals surface area contributed by atoms with Crippen molar-refractivity contribution >= 4 is 11.3 Å². The molecular formula is C52H87FO4S. The molecule has 0 aliphatic carbocycles. The Bertz CT molecular complexity index is 1420. The van der Waals surface area contributed by atoms with Crippen LogP contribution in [0.2, 0.25) is 0 Å². The Balaban J connectivity index is 0. The van der Waals surface area contributed by atoms with Gasteiger partial charge in [0.2, 0.25) is 6.36 Å². The minimum atomic E-state index is -1.33. The maximum atomic E-state index is 12.7. The molecule has 2 unspecified atom stereocenters. The highest BCUT2D eigenvalue weighted by Gasteiger charge is 2.10. The fourth-order valence-electron chi connectivity index (χ4n) is 4.97. The summed E-state index contributed by atoms with van der Waals surface area (Å²) in [5.41, 5.74) is 5.36. The van der Waals surface area contributed by atoms with Gasteiger partial charge in [0, 0.05) is 19.4 Å². The third kappa shape index (κ3) is 30.0. The highest BCUT2D eigenvalue weighted by molar-refractivity contribution is 7.08. The Kier molecular flexibility index (Phi) is 32.2. The number of aryl methyl sites for hydroxylation is 1. The number of thiophene rings is 1. The van der Waals surface area contributed by atoms with Crippen LogP contribution < -0.4 is 9.47 Å². The van der Waals surface area contributed by atoms with Crippen LogP contribution in [0.3, 0.4) is 0 Å². The molecule has 0 spiro atoms. The second-order valence-corrected chi connectivity index (χ2v) is 18.7. The van der Waals surface area contributed by atoms with Crippen LogP contribution in [0.1, 0.15) is 183 Å². The Morgan fingerprint density at radius 3 is 1.45 bits per heavy atom. The second-order valence-electron chi connectivity index (χ2n) is 17.9. The van der Waals surface area contributed by atoms with Crippen LogP contribution >= 0.6 is 11.3 Å². The lowest BCUT2D eigenvalue weighted by molar-refractivity contribution is 0.0199. The van der Waals surface area contributed by atoms with E-state index >= 15 is 0 Å². The Labute approximate surface area is 361 Å². The number of ether oxygens (including phenoxy) is 3. The molecule has 0 saturated carbocycles. The monoisotopic (exact) mass is 827 g/mol. The van der Waals surface area contributed by atoms with Crippen molar-refractivity contribution < 1.29 is 23.0 Å². The minimum Gasteiger partial charge on any atom is -0.493 e. The van der Waals surface area contributed by atoms with E-state index in [1.807, 2.05) is 24.3 Å². The van der Waals surface area contributed by atoms with E-state index in [0.717, 1.165) is 29.8 Å². The van der Waals surface area contributed by atoms with Crippen molar-refractivity contribution in [3.63, 3.8) is 0 Å². The first-order valence-electron chi connectivity index (χ1n) is 21.7. The minimum absolute atomic E-state index is 0.405. The number of hydrogen-bond donors (Lipinski definition) is 0. The molecule has 4 nitrogen and oxygen atoms in total. The van der Waals surface area contributed by atoms with Crippen LogP contribution in [0.5, 0.6) is 11.5 Å². The molecule has 0 aliphatic heterocycles. The first-order chi connectivity index (χ1) is 27.0. The second kappa shape index (κ2) is 32.7. The average molecular weight is 827 g/mol. The standard InChI is InChI=1S/C12H17FO2.C10H14.C9H20O.C7H10O.C7H10S.C7H16/c1-8(2)10-5-6-11(15-9(3)13)12(7-10)14-4;1-8(2)10-6-4-9(3)5-7-10;1-7(2)6-10-9(5)8(3)4;1-6(2)7-4-3-5-8-7;1-6(2)7-3-4-8-5-7;1-6(2)5-7(3)4/h5-9H,1-4H3;4-8H,1-3H3;7-9H,6H2,1-5H3;2*3-6H,1-2H3;6-7H,5H2,1-4H3. The molecule has 2 aromatic carbocycles. The third-order valence-corrected chi connectivity index (χ3v) is 9.49. The zero-order chi connectivity index (χ0) is 45.0. The van der Waals surface area contributed by atoms with Crippen molar-refractivity contribution in [3.05, 3.63) is 106 Å². The zero-order valence-corrected chi connectivity index (χ0v) is 41.4. The van der Waals surface area contributed by atoms with Gasteiger partial charge in [-0.15, -0.1) is 0 Å². The van der Waals surface area contributed by atoms with E-state index in [2.05, 4.69) is 166 Å². The van der Waals surface area contributed by atoms with E-state index in [1.165, 1.54) is 30.0 Å². The lowest BCUT2D eigenvalue weighted by atomic mass is 10.0. The van der Waals surface area contributed by atoms with Crippen LogP contribution in [0.4, 0.5) is 4.39 Å². The molecule has 0 radical (unpaired) electrons. The van der Waals surface area contributed by atoms with Crippen molar-refractivity contribution in [1.82, 2.24) is 0 Å². The van der Waals surface area contributed by atoms with Gasteiger partial charge in [0.1, 0.15) is 5.76 Å². The van der Waals surface area contributed by atoms with Gasteiger partial charge in [-0.25, -0.2) is 4.39 Å². The maximum Gasteiger partial charge on any atom is 0.236 e. The number of benzene rings is 2. The number of rotatable bonds is 13. The molecule has 0 fully saturated rings. The van der Waals surface area contributed by atoms with Crippen LogP contribution in [0.25, 0.3) is 0 Å². The molecule has 6 heteroatoms. The summed E-state index contributed by atoms with van der Waals surface area (Å²) in [6.07, 6.45) is 2.14. The molecule has 2 atom stereocenters. The average Bonchev–Trinajstić information content (AvgIpc) is 3.88. The number of furan rings is 1. The fourth-order valence-corrected chi connectivity index (χ4v) is 5.79. The topological polar surface area (TPSA) is 40.8 Å². The van der Waals surface area contributed by atoms with Crippen molar-refractivity contribution in [1.29, 1.82) is 0 Å². The van der Waals surface area contributed by atoms with Gasteiger partial charge >= 0.3 is 0 Å². The Morgan fingerprint density at radius 2 is 1.14 bits per heavy atom. The summed E-state index contributed by atoms with van der Waals surface area (Å²) in [7, 11) is 1.55. The zero-order valence-electron chi connectivity index (χ0n) is 40.6. The van der Waals surface area contributed by atoms with Gasteiger partial charge in [-0.3, -0.25) is 0 Å². The lowest BCUT2D eigenvalue weighted by Crippen LogP contribution is -2.18. The van der Waals surface area contributed by atoms with Crippen molar-refractivity contribution in [2.75, 3.05) is 13.7 Å². The van der Waals surface area contributed by atoms with Crippen LogP contribution in [-0.4, -0.2) is 26.2 Å². The molecule has 332 valence electrons. The van der Waals surface area contributed by atoms with E-state index in [0.29, 0.717) is 53.1 Å². The third-order valence-electron chi connectivity index (χ3n) is 8.78. The van der Waals surface area contributed by atoms with E-state index in [9.17, 15) is 4.39 Å². The smallest absolute Gasteiger partial charge is 0.236 e. The fraction of sp³-hybridized carbons (Fsp3) is 0.615. The van der Waals surface area contributed by atoms with Crippen molar-refractivity contribution in [2.24, 2.45) is 23.7 Å². The van der Waals surface area contributed by atoms with Gasteiger partial charge in [0.25, 0.3) is 0 Å². The van der Waals surface area contributed by atoms with Gasteiger partial charge in [0.05, 0.1) is 19.5 Å². The van der Waals surface area contributed by atoms with Crippen LogP contribution in [0.15, 0.2) is 82.1 Å². The van der Waals surface area contributed by atoms with E-state index in [-0.39, 0.29) is 0 Å². The quantitative estimate of drug-likeness (QED) is 0.135. The number of hydrogen-bond acceptors (Lipinski definition) is 5. The molecule has 0 bridgehead atoms. The number of alkyl halides is 1. The summed E-state index contributed by atoms with van der Waals surface area (Å²) < 4.78 is 33.5. The van der Waals surface area contributed by atoms with Crippen molar-refractivity contribution in [3.8, 4) is 11.5 Å². The van der Waals surface area contributed by atoms with Crippen molar-refractivity contribution in [2.45, 2.75) is 174 Å². The number of halogens is 1. The van der Waals surface area contributed by atoms with Gasteiger partial charge in [-0.05, 0) is 119 Å². The van der Waals surface area contributed by atoms with E-state index in [1.54, 1.807) is 30.8 Å². The first-order valence-corrected chi connectivity index (χ1v) is 22.7. The predicted octanol–water partition coefficient (Wildman–Crippen LogP) is 17.3. The predicted molar refractivity (Wildman–Crippen MR) is 254 cm³/mol. The summed E-state index contributed by atoms with van der Waals surface area (Å²) >= 11 is 1.77. The van der Waals surface area contributed by atoms with Gasteiger partial charge in [-0.1, -0.05) is 147 Å². The van der Waals surface area contributed by atoms with Gasteiger partial charge in [0.15, 0.2) is 11.5 Å². The molecule has 0 aliphatic rings. The molecule has 0 N–H and O–H groups in total. The lowest BCUT2D eigenvalue weighted by Gasteiger charge is -2.17.